The number of nitrogens with two attached hydrogens (primary N) is 1. The maximum Gasteiger partial charge on any atom is 0.233 e. The standard InChI is InChI=1S/C11H24N4O/c1-3-14-6-8-15(9-7-14)10(2)4-5-11(16)13-12/h10H,3-9,12H2,1-2H3,(H,13,16). The highest BCUT2D eigenvalue weighted by atomic mass is 16.2. The van der Waals surface area contributed by atoms with Crippen LogP contribution < -0.4 is 11.3 Å². The minimum Gasteiger partial charge on any atom is -0.301 e. The second kappa shape index (κ2) is 6.83. The van der Waals surface area contributed by atoms with Crippen LogP contribution in [0.15, 0.2) is 0 Å². The van der Waals surface area contributed by atoms with Crippen molar-refractivity contribution < 1.29 is 4.79 Å². The van der Waals surface area contributed by atoms with Crippen molar-refractivity contribution in [1.29, 1.82) is 0 Å². The van der Waals surface area contributed by atoms with E-state index in [1.54, 1.807) is 0 Å². The highest BCUT2D eigenvalue weighted by Crippen LogP contribution is 2.10. The van der Waals surface area contributed by atoms with Gasteiger partial charge in [-0.15, -0.1) is 0 Å². The van der Waals surface area contributed by atoms with Gasteiger partial charge in [0.05, 0.1) is 0 Å². The summed E-state index contributed by atoms with van der Waals surface area (Å²) >= 11 is 0. The van der Waals surface area contributed by atoms with Gasteiger partial charge in [0.2, 0.25) is 5.91 Å². The molecule has 0 bridgehead atoms. The molecule has 3 N–H and O–H groups in total. The Balaban J connectivity index is 2.22. The van der Waals surface area contributed by atoms with Crippen molar-refractivity contribution in [3.05, 3.63) is 0 Å². The van der Waals surface area contributed by atoms with Crippen LogP contribution in [-0.2, 0) is 4.79 Å². The molecule has 5 nitrogen and oxygen atoms in total. The zero-order chi connectivity index (χ0) is 12.0. The molecule has 5 heteroatoms. The van der Waals surface area contributed by atoms with E-state index in [2.05, 4.69) is 29.1 Å². The summed E-state index contributed by atoms with van der Waals surface area (Å²) in [5, 5.41) is 0. The number of piperazine rings is 1. The molecular weight excluding hydrogens is 204 g/mol. The van der Waals surface area contributed by atoms with Crippen LogP contribution in [0.1, 0.15) is 26.7 Å². The van der Waals surface area contributed by atoms with Gasteiger partial charge in [-0.1, -0.05) is 6.92 Å². The first-order valence-corrected chi connectivity index (χ1v) is 6.13. The van der Waals surface area contributed by atoms with Crippen LogP contribution in [0.2, 0.25) is 0 Å². The Labute approximate surface area is 97.9 Å². The number of carbonyl (C=O) groups is 1. The van der Waals surface area contributed by atoms with Gasteiger partial charge in [0, 0.05) is 38.6 Å². The molecule has 1 atom stereocenters. The molecule has 1 aliphatic heterocycles. The highest BCUT2D eigenvalue weighted by Gasteiger charge is 2.20. The number of likely N-dealkylation sites (N-methyl/N-ethyl adjacent to an activating group) is 1. The summed E-state index contributed by atoms with van der Waals surface area (Å²) in [5.41, 5.74) is 2.17. The molecular formula is C11H24N4O. The lowest BCUT2D eigenvalue weighted by Gasteiger charge is -2.37. The summed E-state index contributed by atoms with van der Waals surface area (Å²) in [5.74, 6) is 4.98. The van der Waals surface area contributed by atoms with E-state index in [9.17, 15) is 4.79 Å². The van der Waals surface area contributed by atoms with E-state index in [4.69, 9.17) is 5.84 Å². The lowest BCUT2D eigenvalue weighted by molar-refractivity contribution is -0.121. The number of hydrazine groups is 1. The third-order valence-electron chi connectivity index (χ3n) is 3.43. The quantitative estimate of drug-likeness (QED) is 0.388. The van der Waals surface area contributed by atoms with E-state index in [1.165, 1.54) is 0 Å². The fourth-order valence-electron chi connectivity index (χ4n) is 2.12. The molecule has 1 amide bonds. The molecule has 0 radical (unpaired) electrons. The van der Waals surface area contributed by atoms with Gasteiger partial charge >= 0.3 is 0 Å². The van der Waals surface area contributed by atoms with Crippen molar-refractivity contribution >= 4 is 5.91 Å². The van der Waals surface area contributed by atoms with Crippen molar-refractivity contribution in [2.45, 2.75) is 32.7 Å². The molecule has 0 aromatic rings. The van der Waals surface area contributed by atoms with E-state index >= 15 is 0 Å². The summed E-state index contributed by atoms with van der Waals surface area (Å²) in [6.45, 7) is 10.0. The summed E-state index contributed by atoms with van der Waals surface area (Å²) < 4.78 is 0. The molecule has 0 spiro atoms. The lowest BCUT2D eigenvalue weighted by Crippen LogP contribution is -2.49. The summed E-state index contributed by atoms with van der Waals surface area (Å²) in [6.07, 6.45) is 1.40. The number of hydrogen-bond acceptors (Lipinski definition) is 4. The van der Waals surface area contributed by atoms with Crippen LogP contribution in [0.3, 0.4) is 0 Å². The average molecular weight is 228 g/mol. The van der Waals surface area contributed by atoms with Crippen LogP contribution in [0.25, 0.3) is 0 Å². The molecule has 0 aromatic heterocycles. The third kappa shape index (κ3) is 4.08. The van der Waals surface area contributed by atoms with E-state index < -0.39 is 0 Å². The zero-order valence-corrected chi connectivity index (χ0v) is 10.4. The van der Waals surface area contributed by atoms with Crippen molar-refractivity contribution in [3.8, 4) is 0 Å². The molecule has 0 aliphatic carbocycles. The van der Waals surface area contributed by atoms with E-state index in [-0.39, 0.29) is 5.91 Å². The second-order valence-electron chi connectivity index (χ2n) is 4.43. The van der Waals surface area contributed by atoms with E-state index in [0.717, 1.165) is 39.1 Å². The van der Waals surface area contributed by atoms with Crippen LogP contribution in [0.5, 0.6) is 0 Å². The molecule has 0 aromatic carbocycles. The number of amides is 1. The smallest absolute Gasteiger partial charge is 0.233 e. The van der Waals surface area contributed by atoms with E-state index in [0.29, 0.717) is 12.5 Å². The minimum absolute atomic E-state index is 0.0703. The Hall–Kier alpha value is -0.650. The SMILES string of the molecule is CCN1CCN(C(C)CCC(=O)NN)CC1. The normalized spacial score (nSPS) is 20.7. The van der Waals surface area contributed by atoms with E-state index in [1.807, 2.05) is 0 Å². The number of hydrogen-bond donors (Lipinski definition) is 2. The molecule has 16 heavy (non-hydrogen) atoms. The van der Waals surface area contributed by atoms with Crippen molar-refractivity contribution in [2.24, 2.45) is 5.84 Å². The second-order valence-corrected chi connectivity index (χ2v) is 4.43. The molecule has 1 unspecified atom stereocenters. The first kappa shape index (κ1) is 13.4. The first-order chi connectivity index (χ1) is 7.67. The molecule has 1 heterocycles. The maximum absolute atomic E-state index is 11.0. The van der Waals surface area contributed by atoms with Gasteiger partial charge in [0.1, 0.15) is 0 Å². The predicted molar refractivity (Wildman–Crippen MR) is 64.7 cm³/mol. The number of nitrogens with one attached hydrogen (secondary N) is 1. The topological polar surface area (TPSA) is 61.6 Å². The van der Waals surface area contributed by atoms with Crippen LogP contribution in [-0.4, -0.2) is 54.5 Å². The van der Waals surface area contributed by atoms with Gasteiger partial charge in [-0.3, -0.25) is 15.1 Å². The summed E-state index contributed by atoms with van der Waals surface area (Å²) in [7, 11) is 0. The van der Waals surface area contributed by atoms with Gasteiger partial charge < -0.3 is 4.90 Å². The van der Waals surface area contributed by atoms with Crippen LogP contribution >= 0.6 is 0 Å². The molecule has 94 valence electrons. The Morgan fingerprint density at radius 1 is 1.38 bits per heavy atom. The van der Waals surface area contributed by atoms with Gasteiger partial charge in [0.15, 0.2) is 0 Å². The number of carbonyl (C=O) groups excluding carboxylic acids is 1. The van der Waals surface area contributed by atoms with Crippen molar-refractivity contribution in [1.82, 2.24) is 15.2 Å². The Kier molecular flexibility index (Phi) is 5.73. The molecule has 1 aliphatic rings. The molecule has 1 fully saturated rings. The highest BCUT2D eigenvalue weighted by molar-refractivity contribution is 5.75. The first-order valence-electron chi connectivity index (χ1n) is 6.13. The van der Waals surface area contributed by atoms with Gasteiger partial charge in [-0.05, 0) is 19.9 Å². The average Bonchev–Trinajstić information content (AvgIpc) is 2.35. The summed E-state index contributed by atoms with van der Waals surface area (Å²) in [4.78, 5) is 15.9. The lowest BCUT2D eigenvalue weighted by atomic mass is 10.1. The Morgan fingerprint density at radius 3 is 2.50 bits per heavy atom. The maximum atomic E-state index is 11.0. The fraction of sp³-hybridized carbons (Fsp3) is 0.909. The van der Waals surface area contributed by atoms with Gasteiger partial charge in [0.25, 0.3) is 0 Å². The van der Waals surface area contributed by atoms with Gasteiger partial charge in [-0.25, -0.2) is 5.84 Å². The molecule has 1 saturated heterocycles. The predicted octanol–water partition coefficient (Wildman–Crippen LogP) is -0.217. The van der Waals surface area contributed by atoms with Gasteiger partial charge in [-0.2, -0.15) is 0 Å². The molecule has 0 saturated carbocycles. The third-order valence-corrected chi connectivity index (χ3v) is 3.43. The molecule has 1 rings (SSSR count). The Bertz CT molecular complexity index is 214. The largest absolute Gasteiger partial charge is 0.301 e. The van der Waals surface area contributed by atoms with Crippen LogP contribution in [0.4, 0.5) is 0 Å². The van der Waals surface area contributed by atoms with Crippen LogP contribution in [0, 0.1) is 0 Å². The number of nitrogens with zero attached hydrogens (tertiary/aromatic N) is 2. The summed E-state index contributed by atoms with van der Waals surface area (Å²) in [6, 6.07) is 0.469. The number of rotatable bonds is 5. The van der Waals surface area contributed by atoms with Crippen molar-refractivity contribution in [3.63, 3.8) is 0 Å². The monoisotopic (exact) mass is 228 g/mol. The van der Waals surface area contributed by atoms with Crippen molar-refractivity contribution in [2.75, 3.05) is 32.7 Å². The zero-order valence-electron chi connectivity index (χ0n) is 10.4. The fourth-order valence-corrected chi connectivity index (χ4v) is 2.12. The minimum atomic E-state index is -0.0703. The Morgan fingerprint density at radius 2 is 2.00 bits per heavy atom.